The molecule has 0 spiro atoms. The maximum atomic E-state index is 8.75. The number of rotatable bonds is 9. The summed E-state index contributed by atoms with van der Waals surface area (Å²) in [6, 6.07) is 9.31. The lowest BCUT2D eigenvalue weighted by Crippen LogP contribution is -2.04. The number of nitrogens with zero attached hydrogens (tertiary/aromatic N) is 1. The molecule has 0 heterocycles. The van der Waals surface area contributed by atoms with Crippen molar-refractivity contribution in [3.63, 3.8) is 0 Å². The summed E-state index contributed by atoms with van der Waals surface area (Å²) in [7, 11) is 0. The summed E-state index contributed by atoms with van der Waals surface area (Å²) >= 11 is 0. The molecule has 0 N–H and O–H groups in total. The molecule has 1 aromatic carbocycles. The van der Waals surface area contributed by atoms with E-state index in [0.717, 1.165) is 31.8 Å². The van der Waals surface area contributed by atoms with E-state index in [1.807, 2.05) is 12.1 Å². The Hall–Kier alpha value is -1.53. The van der Waals surface area contributed by atoms with Crippen molar-refractivity contribution < 1.29 is 9.47 Å². The van der Waals surface area contributed by atoms with Crippen molar-refractivity contribution in [3.8, 4) is 11.8 Å². The van der Waals surface area contributed by atoms with Gasteiger partial charge in [-0.3, -0.25) is 0 Å². The first-order valence-corrected chi connectivity index (χ1v) is 6.57. The fourth-order valence-corrected chi connectivity index (χ4v) is 1.56. The summed E-state index contributed by atoms with van der Waals surface area (Å²) in [5, 5.41) is 8.75. The second-order valence-electron chi connectivity index (χ2n) is 4.16. The van der Waals surface area contributed by atoms with Crippen molar-refractivity contribution in [3.05, 3.63) is 29.8 Å². The highest BCUT2D eigenvalue weighted by Crippen LogP contribution is 2.12. The number of ether oxygens (including phenoxy) is 2. The van der Waals surface area contributed by atoms with Gasteiger partial charge in [0.25, 0.3) is 0 Å². The number of nitriles is 1. The highest BCUT2D eigenvalue weighted by Gasteiger charge is 1.96. The van der Waals surface area contributed by atoms with Crippen LogP contribution in [0.2, 0.25) is 0 Å². The molecule has 0 saturated heterocycles. The Kier molecular flexibility index (Phi) is 7.66. The van der Waals surface area contributed by atoms with Gasteiger partial charge in [0.05, 0.1) is 18.2 Å². The molecule has 0 aliphatic heterocycles. The normalized spacial score (nSPS) is 10.0. The van der Waals surface area contributed by atoms with Gasteiger partial charge < -0.3 is 9.47 Å². The molecule has 0 saturated carbocycles. The van der Waals surface area contributed by atoms with Gasteiger partial charge in [0.1, 0.15) is 5.75 Å². The quantitative estimate of drug-likeness (QED) is 0.627. The molecule has 0 aromatic heterocycles. The standard InChI is InChI=1S/C15H21NO2/c1-2-3-4-9-17-10-6-11-18-15-8-5-7-14(12-15)13-16/h5,7-8,12H,2-4,6,9-11H2,1H3. The second kappa shape index (κ2) is 9.49. The van der Waals surface area contributed by atoms with Gasteiger partial charge in [-0.15, -0.1) is 0 Å². The number of benzene rings is 1. The fraction of sp³-hybridized carbons (Fsp3) is 0.533. The van der Waals surface area contributed by atoms with Gasteiger partial charge in [-0.1, -0.05) is 25.8 Å². The molecule has 0 amide bonds. The van der Waals surface area contributed by atoms with Gasteiger partial charge in [-0.2, -0.15) is 5.26 Å². The van der Waals surface area contributed by atoms with Crippen molar-refractivity contribution >= 4 is 0 Å². The van der Waals surface area contributed by atoms with Crippen molar-refractivity contribution in [1.82, 2.24) is 0 Å². The highest BCUT2D eigenvalue weighted by atomic mass is 16.5. The Balaban J connectivity index is 2.05. The van der Waals surface area contributed by atoms with Crippen LogP contribution >= 0.6 is 0 Å². The molecular formula is C15H21NO2. The van der Waals surface area contributed by atoms with E-state index >= 15 is 0 Å². The third kappa shape index (κ3) is 6.27. The van der Waals surface area contributed by atoms with Crippen LogP contribution in [0.5, 0.6) is 5.75 Å². The largest absolute Gasteiger partial charge is 0.493 e. The van der Waals surface area contributed by atoms with Gasteiger partial charge in [0.15, 0.2) is 0 Å². The molecule has 0 bridgehead atoms. The minimum absolute atomic E-state index is 0.628. The van der Waals surface area contributed by atoms with Crippen LogP contribution in [-0.2, 0) is 4.74 Å². The molecule has 3 heteroatoms. The van der Waals surface area contributed by atoms with E-state index in [1.54, 1.807) is 12.1 Å². The van der Waals surface area contributed by atoms with Gasteiger partial charge in [-0.05, 0) is 24.6 Å². The van der Waals surface area contributed by atoms with Crippen LogP contribution in [0.25, 0.3) is 0 Å². The summed E-state index contributed by atoms with van der Waals surface area (Å²) in [6.45, 7) is 4.39. The molecule has 18 heavy (non-hydrogen) atoms. The van der Waals surface area contributed by atoms with Crippen LogP contribution in [0.15, 0.2) is 24.3 Å². The first-order valence-electron chi connectivity index (χ1n) is 6.57. The molecule has 0 fully saturated rings. The number of unbranched alkanes of at least 4 members (excludes halogenated alkanes) is 2. The number of hydrogen-bond acceptors (Lipinski definition) is 3. The summed E-state index contributed by atoms with van der Waals surface area (Å²) in [5.41, 5.74) is 0.628. The van der Waals surface area contributed by atoms with Gasteiger partial charge in [0, 0.05) is 19.6 Å². The van der Waals surface area contributed by atoms with Crippen molar-refractivity contribution in [1.29, 1.82) is 5.26 Å². The average molecular weight is 247 g/mol. The van der Waals surface area contributed by atoms with E-state index in [-0.39, 0.29) is 0 Å². The molecule has 0 aliphatic carbocycles. The molecule has 0 atom stereocenters. The fourth-order valence-electron chi connectivity index (χ4n) is 1.56. The van der Waals surface area contributed by atoms with Gasteiger partial charge in [-0.25, -0.2) is 0 Å². The Labute approximate surface area is 109 Å². The van der Waals surface area contributed by atoms with Gasteiger partial charge in [0.2, 0.25) is 0 Å². The van der Waals surface area contributed by atoms with Crippen LogP contribution in [0.1, 0.15) is 38.2 Å². The predicted octanol–water partition coefficient (Wildman–Crippen LogP) is 3.53. The van der Waals surface area contributed by atoms with Crippen molar-refractivity contribution in [2.24, 2.45) is 0 Å². The topological polar surface area (TPSA) is 42.2 Å². The Morgan fingerprint density at radius 2 is 1.94 bits per heavy atom. The van der Waals surface area contributed by atoms with E-state index in [9.17, 15) is 0 Å². The van der Waals surface area contributed by atoms with E-state index in [0.29, 0.717) is 12.2 Å². The van der Waals surface area contributed by atoms with Crippen LogP contribution in [0.3, 0.4) is 0 Å². The Morgan fingerprint density at radius 3 is 2.72 bits per heavy atom. The average Bonchev–Trinajstić information content (AvgIpc) is 2.42. The van der Waals surface area contributed by atoms with Crippen LogP contribution < -0.4 is 4.74 Å². The van der Waals surface area contributed by atoms with Gasteiger partial charge >= 0.3 is 0 Å². The summed E-state index contributed by atoms with van der Waals surface area (Å²) in [5.74, 6) is 0.750. The molecule has 0 unspecified atom stereocenters. The van der Waals surface area contributed by atoms with E-state index in [4.69, 9.17) is 14.7 Å². The Morgan fingerprint density at radius 1 is 1.11 bits per heavy atom. The zero-order chi connectivity index (χ0) is 13.1. The predicted molar refractivity (Wildman–Crippen MR) is 71.6 cm³/mol. The highest BCUT2D eigenvalue weighted by molar-refractivity contribution is 5.36. The zero-order valence-corrected chi connectivity index (χ0v) is 11.0. The smallest absolute Gasteiger partial charge is 0.120 e. The summed E-state index contributed by atoms with van der Waals surface area (Å²) in [4.78, 5) is 0. The zero-order valence-electron chi connectivity index (χ0n) is 11.0. The Bertz CT molecular complexity index is 371. The SMILES string of the molecule is CCCCCOCCCOc1cccc(C#N)c1. The van der Waals surface area contributed by atoms with E-state index < -0.39 is 0 Å². The van der Waals surface area contributed by atoms with Crippen LogP contribution in [0.4, 0.5) is 0 Å². The lowest BCUT2D eigenvalue weighted by molar-refractivity contribution is 0.116. The van der Waals surface area contributed by atoms with Crippen molar-refractivity contribution in [2.75, 3.05) is 19.8 Å². The molecule has 0 radical (unpaired) electrons. The lowest BCUT2D eigenvalue weighted by atomic mass is 10.2. The first kappa shape index (κ1) is 14.5. The van der Waals surface area contributed by atoms with Crippen LogP contribution in [0, 0.1) is 11.3 Å². The molecule has 1 rings (SSSR count). The number of hydrogen-bond donors (Lipinski definition) is 0. The molecule has 0 aliphatic rings. The minimum Gasteiger partial charge on any atom is -0.493 e. The summed E-state index contributed by atoms with van der Waals surface area (Å²) < 4.78 is 11.0. The molecular weight excluding hydrogens is 226 g/mol. The monoisotopic (exact) mass is 247 g/mol. The lowest BCUT2D eigenvalue weighted by Gasteiger charge is -2.07. The van der Waals surface area contributed by atoms with Crippen LogP contribution in [-0.4, -0.2) is 19.8 Å². The molecule has 3 nitrogen and oxygen atoms in total. The third-order valence-electron chi connectivity index (χ3n) is 2.56. The second-order valence-corrected chi connectivity index (χ2v) is 4.16. The maximum Gasteiger partial charge on any atom is 0.120 e. The first-order chi connectivity index (χ1) is 8.86. The minimum atomic E-state index is 0.628. The summed E-state index contributed by atoms with van der Waals surface area (Å²) in [6.07, 6.45) is 4.48. The third-order valence-corrected chi connectivity index (χ3v) is 2.56. The van der Waals surface area contributed by atoms with E-state index in [2.05, 4.69) is 13.0 Å². The molecule has 1 aromatic rings. The molecule has 98 valence electrons. The van der Waals surface area contributed by atoms with Crippen molar-refractivity contribution in [2.45, 2.75) is 32.6 Å². The maximum absolute atomic E-state index is 8.75. The van der Waals surface area contributed by atoms with E-state index in [1.165, 1.54) is 12.8 Å².